The molecular weight excluding hydrogens is 246 g/mol. The number of rotatable bonds is 6. The number of hydrogen-bond donors (Lipinski definition) is 2. The number of aromatic carboxylic acids is 1. The summed E-state index contributed by atoms with van der Waals surface area (Å²) in [4.78, 5) is 14.8. The van der Waals surface area contributed by atoms with Crippen LogP contribution in [0, 0.1) is 6.92 Å². The predicted octanol–water partition coefficient (Wildman–Crippen LogP) is 1.41. The Balaban J connectivity index is 1.75. The Labute approximate surface area is 110 Å². The first-order chi connectivity index (χ1) is 9.15. The van der Waals surface area contributed by atoms with E-state index in [0.29, 0.717) is 30.2 Å². The molecule has 2 N–H and O–H groups in total. The molecule has 100 valence electrons. The lowest BCUT2D eigenvalue weighted by molar-refractivity contribution is 0.0697. The van der Waals surface area contributed by atoms with E-state index < -0.39 is 5.97 Å². The Morgan fingerprint density at radius 3 is 2.68 bits per heavy atom. The summed E-state index contributed by atoms with van der Waals surface area (Å²) in [6.07, 6.45) is 0.699. The molecular formula is C13H15N3O3. The molecule has 0 aliphatic rings. The average molecular weight is 261 g/mol. The van der Waals surface area contributed by atoms with Crippen molar-refractivity contribution < 1.29 is 14.4 Å². The third-order valence-electron chi connectivity index (χ3n) is 2.63. The smallest absolute Gasteiger partial charge is 0.335 e. The number of benzene rings is 1. The zero-order valence-electron chi connectivity index (χ0n) is 10.6. The standard InChI is InChI=1S/C13H15N3O3/c1-9-15-12(16-19-9)6-7-14-8-10-2-4-11(5-3-10)13(17)18/h2-5,14H,6-8H2,1H3,(H,17,18). The third kappa shape index (κ3) is 3.89. The van der Waals surface area contributed by atoms with Crippen molar-refractivity contribution in [3.05, 3.63) is 47.1 Å². The van der Waals surface area contributed by atoms with E-state index in [-0.39, 0.29) is 0 Å². The largest absolute Gasteiger partial charge is 0.478 e. The van der Waals surface area contributed by atoms with E-state index >= 15 is 0 Å². The predicted molar refractivity (Wildman–Crippen MR) is 67.8 cm³/mol. The molecule has 1 aromatic carbocycles. The fourth-order valence-electron chi connectivity index (χ4n) is 1.64. The van der Waals surface area contributed by atoms with Gasteiger partial charge in [0.1, 0.15) is 0 Å². The SMILES string of the molecule is Cc1nc(CCNCc2ccc(C(=O)O)cc2)no1. The fourth-order valence-corrected chi connectivity index (χ4v) is 1.64. The lowest BCUT2D eigenvalue weighted by atomic mass is 10.1. The lowest BCUT2D eigenvalue weighted by Crippen LogP contribution is -2.17. The van der Waals surface area contributed by atoms with Crippen molar-refractivity contribution in [2.45, 2.75) is 19.9 Å². The zero-order chi connectivity index (χ0) is 13.7. The number of carbonyl (C=O) groups is 1. The van der Waals surface area contributed by atoms with Gasteiger partial charge in [-0.1, -0.05) is 17.3 Å². The molecule has 1 aromatic heterocycles. The van der Waals surface area contributed by atoms with Gasteiger partial charge in [-0.15, -0.1) is 0 Å². The molecule has 0 atom stereocenters. The van der Waals surface area contributed by atoms with Gasteiger partial charge in [0.15, 0.2) is 5.82 Å². The molecule has 0 radical (unpaired) electrons. The number of aryl methyl sites for hydroxylation is 1. The van der Waals surface area contributed by atoms with Crippen LogP contribution in [-0.2, 0) is 13.0 Å². The Morgan fingerprint density at radius 1 is 1.37 bits per heavy atom. The highest BCUT2D eigenvalue weighted by Gasteiger charge is 2.03. The van der Waals surface area contributed by atoms with E-state index in [1.807, 2.05) is 0 Å². The summed E-state index contributed by atoms with van der Waals surface area (Å²) in [5.74, 6) is 0.345. The molecule has 0 aliphatic heterocycles. The number of nitrogens with zero attached hydrogens (tertiary/aromatic N) is 2. The van der Waals surface area contributed by atoms with Crippen LogP contribution < -0.4 is 5.32 Å². The quantitative estimate of drug-likeness (QED) is 0.764. The maximum absolute atomic E-state index is 10.7. The monoisotopic (exact) mass is 261 g/mol. The number of carboxylic acids is 1. The first-order valence-corrected chi connectivity index (χ1v) is 5.97. The van der Waals surface area contributed by atoms with E-state index in [1.165, 1.54) is 0 Å². The van der Waals surface area contributed by atoms with Crippen LogP contribution in [0.5, 0.6) is 0 Å². The maximum Gasteiger partial charge on any atom is 0.335 e. The van der Waals surface area contributed by atoms with Crippen LogP contribution in [-0.4, -0.2) is 27.8 Å². The molecule has 0 aliphatic carbocycles. The van der Waals surface area contributed by atoms with Gasteiger partial charge in [0, 0.05) is 26.4 Å². The highest BCUT2D eigenvalue weighted by atomic mass is 16.5. The van der Waals surface area contributed by atoms with Crippen LogP contribution in [0.2, 0.25) is 0 Å². The van der Waals surface area contributed by atoms with Gasteiger partial charge in [0.2, 0.25) is 5.89 Å². The van der Waals surface area contributed by atoms with Crippen LogP contribution in [0.3, 0.4) is 0 Å². The molecule has 0 amide bonds. The third-order valence-corrected chi connectivity index (χ3v) is 2.63. The van der Waals surface area contributed by atoms with Gasteiger partial charge in [-0.25, -0.2) is 4.79 Å². The summed E-state index contributed by atoms with van der Waals surface area (Å²) in [7, 11) is 0. The van der Waals surface area contributed by atoms with E-state index in [4.69, 9.17) is 9.63 Å². The molecule has 0 fully saturated rings. The number of nitrogens with one attached hydrogen (secondary N) is 1. The van der Waals surface area contributed by atoms with Gasteiger partial charge >= 0.3 is 5.97 Å². The van der Waals surface area contributed by atoms with Crippen LogP contribution in [0.1, 0.15) is 27.6 Å². The molecule has 0 unspecified atom stereocenters. The average Bonchev–Trinajstić information content (AvgIpc) is 2.81. The van der Waals surface area contributed by atoms with Crippen molar-refractivity contribution in [2.75, 3.05) is 6.54 Å². The summed E-state index contributed by atoms with van der Waals surface area (Å²) >= 11 is 0. The topological polar surface area (TPSA) is 88.2 Å². The van der Waals surface area contributed by atoms with E-state index in [2.05, 4.69) is 15.5 Å². The van der Waals surface area contributed by atoms with Crippen molar-refractivity contribution in [3.8, 4) is 0 Å². The minimum atomic E-state index is -0.910. The summed E-state index contributed by atoms with van der Waals surface area (Å²) in [6, 6.07) is 6.80. The maximum atomic E-state index is 10.7. The zero-order valence-corrected chi connectivity index (χ0v) is 10.6. The van der Waals surface area contributed by atoms with Gasteiger partial charge < -0.3 is 14.9 Å². The summed E-state index contributed by atoms with van der Waals surface area (Å²) < 4.78 is 4.87. The second-order valence-corrected chi connectivity index (χ2v) is 4.16. The second kappa shape index (κ2) is 6.10. The molecule has 1 heterocycles. The molecule has 6 nitrogen and oxygen atoms in total. The summed E-state index contributed by atoms with van der Waals surface area (Å²) in [5.41, 5.74) is 1.33. The number of aromatic nitrogens is 2. The highest BCUT2D eigenvalue weighted by molar-refractivity contribution is 5.87. The normalized spacial score (nSPS) is 10.6. The number of hydrogen-bond acceptors (Lipinski definition) is 5. The summed E-state index contributed by atoms with van der Waals surface area (Å²) in [5, 5.41) is 15.8. The van der Waals surface area contributed by atoms with Gasteiger partial charge in [0.25, 0.3) is 0 Å². The molecule has 2 rings (SSSR count). The molecule has 0 spiro atoms. The van der Waals surface area contributed by atoms with Crippen molar-refractivity contribution >= 4 is 5.97 Å². The minimum absolute atomic E-state index is 0.297. The molecule has 6 heteroatoms. The van der Waals surface area contributed by atoms with Crippen molar-refractivity contribution in [1.82, 2.24) is 15.5 Å². The Kier molecular flexibility index (Phi) is 4.25. The van der Waals surface area contributed by atoms with Crippen LogP contribution >= 0.6 is 0 Å². The Bertz CT molecular complexity index is 549. The number of carboxylic acid groups (broad SMARTS) is 1. The Hall–Kier alpha value is -2.21. The van der Waals surface area contributed by atoms with Gasteiger partial charge in [-0.2, -0.15) is 4.98 Å². The highest BCUT2D eigenvalue weighted by Crippen LogP contribution is 2.04. The van der Waals surface area contributed by atoms with E-state index in [1.54, 1.807) is 31.2 Å². The molecule has 0 saturated heterocycles. The lowest BCUT2D eigenvalue weighted by Gasteiger charge is -2.03. The first-order valence-electron chi connectivity index (χ1n) is 5.97. The van der Waals surface area contributed by atoms with Crippen LogP contribution in [0.4, 0.5) is 0 Å². The van der Waals surface area contributed by atoms with Gasteiger partial charge in [-0.3, -0.25) is 0 Å². The van der Waals surface area contributed by atoms with Gasteiger partial charge in [-0.05, 0) is 17.7 Å². The van der Waals surface area contributed by atoms with Gasteiger partial charge in [0.05, 0.1) is 5.56 Å². The molecule has 0 saturated carbocycles. The minimum Gasteiger partial charge on any atom is -0.478 e. The van der Waals surface area contributed by atoms with Crippen molar-refractivity contribution in [3.63, 3.8) is 0 Å². The molecule has 19 heavy (non-hydrogen) atoms. The first kappa shape index (κ1) is 13.2. The van der Waals surface area contributed by atoms with E-state index in [0.717, 1.165) is 12.1 Å². The summed E-state index contributed by atoms with van der Waals surface area (Å²) in [6.45, 7) is 3.17. The molecule has 2 aromatic rings. The van der Waals surface area contributed by atoms with E-state index in [9.17, 15) is 4.79 Å². The Morgan fingerprint density at radius 2 is 2.11 bits per heavy atom. The van der Waals surface area contributed by atoms with Crippen molar-refractivity contribution in [2.24, 2.45) is 0 Å². The van der Waals surface area contributed by atoms with Crippen molar-refractivity contribution in [1.29, 1.82) is 0 Å². The van der Waals surface area contributed by atoms with Crippen LogP contribution in [0.15, 0.2) is 28.8 Å². The second-order valence-electron chi connectivity index (χ2n) is 4.16. The fraction of sp³-hybridized carbons (Fsp3) is 0.308. The molecule has 0 bridgehead atoms. The van der Waals surface area contributed by atoms with Crippen LogP contribution in [0.25, 0.3) is 0 Å².